The predicted molar refractivity (Wildman–Crippen MR) is 138 cm³/mol. The average molecular weight is 499 g/mol. The largest absolute Gasteiger partial charge is 0.496 e. The van der Waals surface area contributed by atoms with Crippen molar-refractivity contribution in [1.29, 1.82) is 0 Å². The van der Waals surface area contributed by atoms with Gasteiger partial charge in [0.15, 0.2) is 11.9 Å². The van der Waals surface area contributed by atoms with Gasteiger partial charge < -0.3 is 23.7 Å². The van der Waals surface area contributed by atoms with Gasteiger partial charge in [0.25, 0.3) is 0 Å². The Morgan fingerprint density at radius 3 is 2.19 bits per heavy atom. The first-order valence-electron chi connectivity index (χ1n) is 12.8. The van der Waals surface area contributed by atoms with Crippen LogP contribution in [0.1, 0.15) is 73.5 Å². The quantitative estimate of drug-likeness (QED) is 0.204. The summed E-state index contributed by atoms with van der Waals surface area (Å²) in [6.45, 7) is 6.67. The normalized spacial score (nSPS) is 14.4. The molecule has 7 nitrogen and oxygen atoms in total. The van der Waals surface area contributed by atoms with Gasteiger partial charge in [0.05, 0.1) is 33.0 Å². The number of ether oxygens (including phenoxy) is 5. The number of ketones is 1. The van der Waals surface area contributed by atoms with Gasteiger partial charge in [0.2, 0.25) is 0 Å². The summed E-state index contributed by atoms with van der Waals surface area (Å²) in [5, 5.41) is 0. The number of hydrogen-bond acceptors (Lipinski definition) is 7. The number of methoxy groups -OCH3 is 2. The Kier molecular flexibility index (Phi) is 10.0. The Bertz CT molecular complexity index is 1060. The summed E-state index contributed by atoms with van der Waals surface area (Å²) < 4.78 is 28.7. The second-order valence-corrected chi connectivity index (χ2v) is 8.93. The number of fused-ring (bicyclic) bond motifs is 1. The fourth-order valence-electron chi connectivity index (χ4n) is 4.57. The zero-order chi connectivity index (χ0) is 26.1. The van der Waals surface area contributed by atoms with Gasteiger partial charge in [-0.25, -0.2) is 4.79 Å². The first-order chi connectivity index (χ1) is 17.4. The molecule has 1 unspecified atom stereocenters. The molecule has 1 aliphatic heterocycles. The van der Waals surface area contributed by atoms with E-state index in [4.69, 9.17) is 23.7 Å². The van der Waals surface area contributed by atoms with Gasteiger partial charge in [-0.3, -0.25) is 4.79 Å². The second-order valence-electron chi connectivity index (χ2n) is 8.93. The highest BCUT2D eigenvalue weighted by molar-refractivity contribution is 5.97. The Morgan fingerprint density at radius 1 is 0.944 bits per heavy atom. The molecule has 0 spiro atoms. The number of aryl methyl sites for hydroxylation is 1. The molecule has 1 aliphatic rings. The van der Waals surface area contributed by atoms with Crippen molar-refractivity contribution in [1.82, 2.24) is 0 Å². The minimum Gasteiger partial charge on any atom is -0.496 e. The molecule has 36 heavy (non-hydrogen) atoms. The lowest BCUT2D eigenvalue weighted by Gasteiger charge is -2.27. The van der Waals surface area contributed by atoms with Crippen molar-refractivity contribution in [2.75, 3.05) is 27.4 Å². The van der Waals surface area contributed by atoms with Crippen molar-refractivity contribution in [2.24, 2.45) is 0 Å². The van der Waals surface area contributed by atoms with Crippen molar-refractivity contribution < 1.29 is 33.3 Å². The van der Waals surface area contributed by atoms with Crippen LogP contribution in [0.5, 0.6) is 23.0 Å². The van der Waals surface area contributed by atoms with E-state index in [1.165, 1.54) is 7.11 Å². The minimum absolute atomic E-state index is 0.0287. The number of esters is 1. The van der Waals surface area contributed by atoms with Crippen molar-refractivity contribution in [3.05, 3.63) is 46.5 Å². The lowest BCUT2D eigenvalue weighted by molar-refractivity contribution is -0.149. The van der Waals surface area contributed by atoms with Crippen LogP contribution in [-0.2, 0) is 28.8 Å². The lowest BCUT2D eigenvalue weighted by Crippen LogP contribution is -2.32. The molecule has 196 valence electrons. The third-order valence-corrected chi connectivity index (χ3v) is 6.30. The van der Waals surface area contributed by atoms with E-state index in [1.54, 1.807) is 20.1 Å². The fourth-order valence-corrected chi connectivity index (χ4v) is 4.57. The average Bonchev–Trinajstić information content (AvgIpc) is 2.89. The van der Waals surface area contributed by atoms with E-state index in [1.807, 2.05) is 18.2 Å². The minimum atomic E-state index is -0.578. The zero-order valence-corrected chi connectivity index (χ0v) is 22.1. The number of hydrogen-bond donors (Lipinski definition) is 0. The molecular weight excluding hydrogens is 460 g/mol. The molecule has 1 heterocycles. The van der Waals surface area contributed by atoms with E-state index in [9.17, 15) is 9.59 Å². The van der Waals surface area contributed by atoms with Crippen LogP contribution < -0.4 is 18.9 Å². The number of carbonyl (C=O) groups is 2. The van der Waals surface area contributed by atoms with E-state index < -0.39 is 6.10 Å². The van der Waals surface area contributed by atoms with Gasteiger partial charge in [-0.15, -0.1) is 0 Å². The predicted octanol–water partition coefficient (Wildman–Crippen LogP) is 5.52. The summed E-state index contributed by atoms with van der Waals surface area (Å²) >= 11 is 0. The van der Waals surface area contributed by atoms with Crippen molar-refractivity contribution in [3.63, 3.8) is 0 Å². The fraction of sp³-hybridized carbons (Fsp3) is 0.517. The standard InChI is InChI=1S/C29H38O7/c1-6-9-22-24(14-11-20-12-15-26(29(31)33-5)36-27(20)22)34-17-8-18-35-25-16-13-21(19(3)30)28(32-4)23(25)10-7-2/h11,13-14,16,26H,6-10,12,15,17-18H2,1-5H3. The van der Waals surface area contributed by atoms with Gasteiger partial charge in [-0.1, -0.05) is 32.8 Å². The molecule has 2 aromatic rings. The SMILES string of the molecule is CCCc1c(OCCCOc2ccc(C(C)=O)c(OC)c2CCC)ccc2c1OC(C(=O)OC)CC2. The van der Waals surface area contributed by atoms with E-state index >= 15 is 0 Å². The maximum atomic E-state index is 12.0. The highest BCUT2D eigenvalue weighted by atomic mass is 16.6. The number of benzene rings is 2. The third-order valence-electron chi connectivity index (χ3n) is 6.30. The summed E-state index contributed by atoms with van der Waals surface area (Å²) in [7, 11) is 2.97. The Hall–Kier alpha value is -3.22. The van der Waals surface area contributed by atoms with Crippen LogP contribution in [0, 0.1) is 0 Å². The van der Waals surface area contributed by atoms with Crippen LogP contribution >= 0.6 is 0 Å². The molecule has 2 aromatic carbocycles. The first-order valence-corrected chi connectivity index (χ1v) is 12.8. The molecule has 0 aromatic heterocycles. The van der Waals surface area contributed by atoms with Crippen LogP contribution in [0.2, 0.25) is 0 Å². The molecule has 0 aliphatic carbocycles. The summed E-state index contributed by atoms with van der Waals surface area (Å²) in [5.74, 6) is 2.50. The molecule has 0 saturated carbocycles. The molecule has 0 saturated heterocycles. The molecule has 0 N–H and O–H groups in total. The highest BCUT2D eigenvalue weighted by Crippen LogP contribution is 2.38. The monoisotopic (exact) mass is 498 g/mol. The molecule has 7 heteroatoms. The molecular formula is C29H38O7. The molecule has 0 fully saturated rings. The van der Waals surface area contributed by atoms with Crippen LogP contribution in [0.25, 0.3) is 0 Å². The maximum absolute atomic E-state index is 12.0. The molecule has 0 radical (unpaired) electrons. The topological polar surface area (TPSA) is 80.3 Å². The number of Topliss-reactive ketones (excluding diaryl/α,β-unsaturated/α-hetero) is 1. The highest BCUT2D eigenvalue weighted by Gasteiger charge is 2.29. The molecule has 3 rings (SSSR count). The number of rotatable bonds is 13. The summed E-state index contributed by atoms with van der Waals surface area (Å²) in [4.78, 5) is 24.0. The maximum Gasteiger partial charge on any atom is 0.347 e. The Morgan fingerprint density at radius 2 is 1.58 bits per heavy atom. The first kappa shape index (κ1) is 27.4. The van der Waals surface area contributed by atoms with Gasteiger partial charge in [-0.2, -0.15) is 0 Å². The number of carbonyl (C=O) groups excluding carboxylic acids is 2. The Balaban J connectivity index is 1.65. The summed E-state index contributed by atoms with van der Waals surface area (Å²) in [6, 6.07) is 7.63. The summed E-state index contributed by atoms with van der Waals surface area (Å²) in [5.41, 5.74) is 3.59. The zero-order valence-electron chi connectivity index (χ0n) is 22.1. The van der Waals surface area contributed by atoms with E-state index in [2.05, 4.69) is 13.8 Å². The van der Waals surface area contributed by atoms with Crippen LogP contribution in [-0.4, -0.2) is 45.3 Å². The molecule has 1 atom stereocenters. The van der Waals surface area contributed by atoms with Gasteiger partial charge in [0.1, 0.15) is 23.0 Å². The van der Waals surface area contributed by atoms with Crippen molar-refractivity contribution >= 4 is 11.8 Å². The lowest BCUT2D eigenvalue weighted by atomic mass is 9.96. The van der Waals surface area contributed by atoms with Gasteiger partial charge in [-0.05, 0) is 56.4 Å². The van der Waals surface area contributed by atoms with Crippen LogP contribution in [0.4, 0.5) is 0 Å². The summed E-state index contributed by atoms with van der Waals surface area (Å²) in [6.07, 6.45) is 4.88. The second kappa shape index (κ2) is 13.2. The molecule has 0 amide bonds. The van der Waals surface area contributed by atoms with Gasteiger partial charge >= 0.3 is 5.97 Å². The van der Waals surface area contributed by atoms with Crippen LogP contribution in [0.15, 0.2) is 24.3 Å². The van der Waals surface area contributed by atoms with E-state index in [-0.39, 0.29) is 11.8 Å². The van der Waals surface area contributed by atoms with Crippen LogP contribution in [0.3, 0.4) is 0 Å². The van der Waals surface area contributed by atoms with Crippen molar-refractivity contribution in [3.8, 4) is 23.0 Å². The molecule has 0 bridgehead atoms. The van der Waals surface area contributed by atoms with Gasteiger partial charge in [0, 0.05) is 17.5 Å². The Labute approximate surface area is 214 Å². The third kappa shape index (κ3) is 6.31. The van der Waals surface area contributed by atoms with Crippen molar-refractivity contribution in [2.45, 2.75) is 71.8 Å². The van der Waals surface area contributed by atoms with E-state index in [0.717, 1.165) is 66.0 Å². The smallest absolute Gasteiger partial charge is 0.347 e. The van der Waals surface area contributed by atoms with E-state index in [0.29, 0.717) is 37.4 Å².